The number of carboxylic acid groups (broad SMARTS) is 2. The van der Waals surface area contributed by atoms with Gasteiger partial charge in [-0.2, -0.15) is 0 Å². The van der Waals surface area contributed by atoms with Crippen LogP contribution in [0.2, 0.25) is 10.0 Å². The zero-order valence-corrected chi connectivity index (χ0v) is 39.7. The summed E-state index contributed by atoms with van der Waals surface area (Å²) in [6, 6.07) is 21.7. The topological polar surface area (TPSA) is 251 Å². The Labute approximate surface area is 410 Å². The molecule has 0 fully saturated rings. The van der Waals surface area contributed by atoms with Crippen LogP contribution in [0.4, 0.5) is 8.78 Å². The van der Waals surface area contributed by atoms with Gasteiger partial charge < -0.3 is 49.8 Å². The van der Waals surface area contributed by atoms with Crippen molar-refractivity contribution >= 4 is 47.0 Å². The van der Waals surface area contributed by atoms with Crippen molar-refractivity contribution in [1.82, 2.24) is 15.3 Å². The summed E-state index contributed by atoms with van der Waals surface area (Å²) in [6.07, 6.45) is 0.443. The summed E-state index contributed by atoms with van der Waals surface area (Å²) in [4.78, 5) is 52.0. The Morgan fingerprint density at radius 3 is 1.64 bits per heavy atom. The molecule has 4 atom stereocenters. The van der Waals surface area contributed by atoms with Crippen molar-refractivity contribution in [2.45, 2.75) is 70.7 Å². The number of ether oxygens (including phenoxy) is 1. The summed E-state index contributed by atoms with van der Waals surface area (Å²) in [7, 11) is 0. The number of amides is 1. The molecule has 4 aromatic carbocycles. The van der Waals surface area contributed by atoms with Crippen molar-refractivity contribution in [2.24, 2.45) is 5.73 Å². The summed E-state index contributed by atoms with van der Waals surface area (Å²) < 4.78 is 42.5. The number of hydrogen-bond acceptors (Lipinski definition) is 13. The molecule has 6 N–H and O–H groups in total. The van der Waals surface area contributed by atoms with Gasteiger partial charge in [0.15, 0.2) is 12.2 Å². The SMILES string of the molecule is CCOC(=O)[C@H](O)C[C@H](N)Cc1ccc(-c2cc(Cl)ccc2F)cc1.Cc1cnc(C(=O)N[C@H](Cc2ccc(-c3cc(Cl)ccc3F)cc2)C[C@@H](O)C(=O)O)o1.Cc1cnc(C(=O)[O-])o1.[Na+]. The van der Waals surface area contributed by atoms with E-state index in [2.05, 4.69) is 19.7 Å². The molecule has 66 heavy (non-hydrogen) atoms. The van der Waals surface area contributed by atoms with Gasteiger partial charge in [-0.25, -0.2) is 28.3 Å². The van der Waals surface area contributed by atoms with Gasteiger partial charge in [0.1, 0.15) is 29.1 Å². The summed E-state index contributed by atoms with van der Waals surface area (Å²) in [5.74, 6) is -4.41. The standard InChI is InChI=1S/C22H20ClFN2O5.C19H21ClFNO3.C5H5NO3.Na/c1-12-11-25-21(31-12)20(28)26-16(10-19(27)22(29)30)8-13-2-4-14(5-3-13)17-9-15(23)6-7-18(17)24;1-2-25-19(24)18(23)11-15(22)9-12-3-5-13(6-4-12)16-10-14(20)7-8-17(16)21;1-3-2-6-4(9-3)5(7)8;/h2-7,9,11,16,19,27H,8,10H2,1H3,(H,26,28)(H,29,30);3-8,10,15,18,23H,2,9,11,22H2,1H3;2H,1H3,(H,7,8);/q;;;+1/p-1/t16-,19-;15-,18-;;/m11../s1. The molecule has 0 saturated heterocycles. The van der Waals surface area contributed by atoms with E-state index in [-0.39, 0.29) is 73.0 Å². The van der Waals surface area contributed by atoms with Crippen molar-refractivity contribution in [1.29, 1.82) is 0 Å². The number of aryl methyl sites for hydroxylation is 2. The minimum absolute atomic E-state index is 0. The molecular formula is C46H45Cl2F2N4NaO11. The molecule has 2 aromatic heterocycles. The third-order valence-corrected chi connectivity index (χ3v) is 9.66. The monoisotopic (exact) mass is 960 g/mol. The molecule has 2 heterocycles. The van der Waals surface area contributed by atoms with Gasteiger partial charge in [0.2, 0.25) is 5.89 Å². The molecule has 0 aliphatic rings. The molecule has 0 spiro atoms. The third kappa shape index (κ3) is 17.4. The number of halogens is 4. The number of rotatable bonds is 16. The van der Waals surface area contributed by atoms with E-state index in [1.54, 1.807) is 63.2 Å². The predicted octanol–water partition coefficient (Wildman–Crippen LogP) is 3.30. The van der Waals surface area contributed by atoms with Gasteiger partial charge in [-0.1, -0.05) is 71.7 Å². The second-order valence-electron chi connectivity index (χ2n) is 14.4. The minimum Gasteiger partial charge on any atom is -0.540 e. The maximum atomic E-state index is 14.1. The number of nitrogens with two attached hydrogens (primary N) is 1. The van der Waals surface area contributed by atoms with Gasteiger partial charge in [0.05, 0.1) is 19.0 Å². The normalized spacial score (nSPS) is 12.4. The van der Waals surface area contributed by atoms with Crippen LogP contribution >= 0.6 is 23.2 Å². The van der Waals surface area contributed by atoms with Crippen molar-refractivity contribution in [3.8, 4) is 22.3 Å². The number of oxazole rings is 2. The number of aromatic nitrogens is 2. The Bertz CT molecular complexity index is 2540. The number of aliphatic hydroxyl groups is 2. The van der Waals surface area contributed by atoms with E-state index in [0.717, 1.165) is 11.1 Å². The molecule has 1 amide bonds. The Balaban J connectivity index is 0.000000295. The van der Waals surface area contributed by atoms with Gasteiger partial charge in [-0.3, -0.25) is 4.79 Å². The summed E-state index contributed by atoms with van der Waals surface area (Å²) >= 11 is 11.9. The van der Waals surface area contributed by atoms with E-state index >= 15 is 0 Å². The second-order valence-corrected chi connectivity index (χ2v) is 15.3. The van der Waals surface area contributed by atoms with Gasteiger partial charge in [0, 0.05) is 39.7 Å². The first-order chi connectivity index (χ1) is 30.8. The van der Waals surface area contributed by atoms with Crippen molar-refractivity contribution < 1.29 is 91.5 Å². The largest absolute Gasteiger partial charge is 1.00 e. The Kier molecular flexibility index (Phi) is 22.1. The minimum atomic E-state index is -1.66. The smallest absolute Gasteiger partial charge is 0.540 e. The quantitative estimate of drug-likeness (QED) is 0.0690. The van der Waals surface area contributed by atoms with E-state index in [9.17, 15) is 43.3 Å². The van der Waals surface area contributed by atoms with Crippen LogP contribution in [-0.2, 0) is 27.2 Å². The summed E-state index contributed by atoms with van der Waals surface area (Å²) in [6.45, 7) is 5.14. The number of nitrogens with zero attached hydrogens (tertiary/aromatic N) is 2. The molecule has 0 aliphatic heterocycles. The molecule has 0 saturated carbocycles. The number of benzene rings is 4. The van der Waals surface area contributed by atoms with Gasteiger partial charge in [-0.05, 0) is 98.7 Å². The van der Waals surface area contributed by atoms with E-state index < -0.39 is 53.9 Å². The first-order valence-corrected chi connectivity index (χ1v) is 20.6. The van der Waals surface area contributed by atoms with Crippen molar-refractivity contribution in [3.63, 3.8) is 0 Å². The molecule has 6 aromatic rings. The van der Waals surface area contributed by atoms with Crippen molar-refractivity contribution in [2.75, 3.05) is 6.61 Å². The number of carbonyl (C=O) groups is 4. The number of hydrogen-bond donors (Lipinski definition) is 5. The van der Waals surface area contributed by atoms with Gasteiger partial charge in [-0.15, -0.1) is 0 Å². The van der Waals surface area contributed by atoms with E-state index in [1.807, 2.05) is 12.1 Å². The number of esters is 1. The van der Waals surface area contributed by atoms with E-state index in [0.29, 0.717) is 50.2 Å². The van der Waals surface area contributed by atoms with Crippen LogP contribution in [0, 0.1) is 25.5 Å². The maximum Gasteiger partial charge on any atom is 1.00 e. The Morgan fingerprint density at radius 1 is 0.758 bits per heavy atom. The fourth-order valence-corrected chi connectivity index (χ4v) is 6.43. The zero-order valence-electron chi connectivity index (χ0n) is 36.2. The number of aromatic carboxylic acids is 1. The van der Waals surface area contributed by atoms with Crippen LogP contribution in [0.5, 0.6) is 0 Å². The Morgan fingerprint density at radius 2 is 1.23 bits per heavy atom. The molecule has 0 radical (unpaired) electrons. The van der Waals surface area contributed by atoms with E-state index in [4.69, 9.17) is 43.2 Å². The maximum absolute atomic E-state index is 14.1. The average Bonchev–Trinajstić information content (AvgIpc) is 3.92. The van der Waals surface area contributed by atoms with E-state index in [1.165, 1.54) is 42.7 Å². The summed E-state index contributed by atoms with van der Waals surface area (Å²) in [5, 5.41) is 42.0. The number of nitrogens with one attached hydrogen (secondary N) is 1. The average molecular weight is 962 g/mol. The van der Waals surface area contributed by atoms with Crippen LogP contribution < -0.4 is 45.7 Å². The number of carbonyl (C=O) groups excluding carboxylic acids is 3. The summed E-state index contributed by atoms with van der Waals surface area (Å²) in [5.41, 5.74) is 9.77. The zero-order chi connectivity index (χ0) is 47.8. The molecule has 0 unspecified atom stereocenters. The van der Waals surface area contributed by atoms with Crippen LogP contribution in [0.15, 0.2) is 106 Å². The second kappa shape index (κ2) is 26.6. The molecule has 0 aliphatic carbocycles. The fourth-order valence-electron chi connectivity index (χ4n) is 6.09. The molecule has 6 rings (SSSR count). The molecular weight excluding hydrogens is 916 g/mol. The van der Waals surface area contributed by atoms with Crippen LogP contribution in [-0.4, -0.2) is 80.0 Å². The van der Waals surface area contributed by atoms with Crippen LogP contribution in [0.3, 0.4) is 0 Å². The first kappa shape index (κ1) is 54.8. The number of aliphatic carboxylic acids is 1. The molecule has 344 valence electrons. The predicted molar refractivity (Wildman–Crippen MR) is 233 cm³/mol. The third-order valence-electron chi connectivity index (χ3n) is 9.19. The number of aliphatic hydroxyl groups excluding tert-OH is 2. The fraction of sp³-hybridized carbons (Fsp3) is 0.261. The Hall–Kier alpha value is -5.50. The van der Waals surface area contributed by atoms with Crippen LogP contribution in [0.1, 0.15) is 63.8 Å². The van der Waals surface area contributed by atoms with Gasteiger partial charge >= 0.3 is 47.4 Å². The van der Waals surface area contributed by atoms with Crippen LogP contribution in [0.25, 0.3) is 22.3 Å². The van der Waals surface area contributed by atoms with Gasteiger partial charge in [0.25, 0.3) is 5.89 Å². The van der Waals surface area contributed by atoms with Crippen molar-refractivity contribution in [3.05, 3.63) is 153 Å². The molecule has 20 heteroatoms. The molecule has 15 nitrogen and oxygen atoms in total. The first-order valence-electron chi connectivity index (χ1n) is 19.8. The molecule has 0 bridgehead atoms. The number of carboxylic acids is 2.